The Balaban J connectivity index is 1.95. The lowest BCUT2D eigenvalue weighted by Crippen LogP contribution is -2.63. The third kappa shape index (κ3) is 1.34. The van der Waals surface area contributed by atoms with Crippen LogP contribution in [0.1, 0.15) is 20.8 Å². The van der Waals surface area contributed by atoms with E-state index in [0.717, 1.165) is 0 Å². The Morgan fingerprint density at radius 1 is 1.56 bits per heavy atom. The van der Waals surface area contributed by atoms with Crippen LogP contribution in [0.3, 0.4) is 0 Å². The third-order valence-corrected chi connectivity index (χ3v) is 3.93. The molecule has 1 aliphatic carbocycles. The molecule has 0 bridgehead atoms. The average molecular weight is 244 g/mol. The summed E-state index contributed by atoms with van der Waals surface area (Å²) >= 11 is 0. The molecule has 0 aromatic rings. The number of aliphatic imine (C=N–C) groups is 1. The number of ether oxygens (including phenoxy) is 2. The molecule has 3 aliphatic rings. The lowest BCUT2D eigenvalue weighted by Gasteiger charge is -2.53. The van der Waals surface area contributed by atoms with Gasteiger partial charge in [-0.1, -0.05) is 6.08 Å². The molecule has 1 fully saturated rings. The molecule has 18 heavy (non-hydrogen) atoms. The van der Waals surface area contributed by atoms with E-state index in [2.05, 4.69) is 24.1 Å². The van der Waals surface area contributed by atoms with Gasteiger partial charge in [0.2, 0.25) is 5.90 Å². The molecule has 2 heterocycles. The van der Waals surface area contributed by atoms with Gasteiger partial charge in [0, 0.05) is 11.8 Å². The Hall–Kier alpha value is -1.76. The Bertz CT molecular complexity index is 512. The third-order valence-electron chi connectivity index (χ3n) is 3.93. The zero-order valence-electron chi connectivity index (χ0n) is 10.8. The van der Waals surface area contributed by atoms with Crippen LogP contribution in [0.25, 0.3) is 0 Å². The minimum Gasteiger partial charge on any atom is -0.495 e. The second-order valence-electron chi connectivity index (χ2n) is 5.49. The number of fused-ring (bicyclic) bond motifs is 4. The van der Waals surface area contributed by atoms with Crippen LogP contribution in [0.5, 0.6) is 0 Å². The predicted molar refractivity (Wildman–Crippen MR) is 66.8 cm³/mol. The van der Waals surface area contributed by atoms with Gasteiger partial charge in [0.05, 0.1) is 12.4 Å². The summed E-state index contributed by atoms with van der Waals surface area (Å²) in [7, 11) is 0. The molecule has 0 aromatic carbocycles. The van der Waals surface area contributed by atoms with Crippen LogP contribution in [-0.4, -0.2) is 23.6 Å². The highest BCUT2D eigenvalue weighted by atomic mass is 16.5. The van der Waals surface area contributed by atoms with Gasteiger partial charge in [-0.3, -0.25) is 0 Å². The highest BCUT2D eigenvalue weighted by Crippen LogP contribution is 2.54. The normalized spacial score (nSPS) is 39.8. The molecule has 4 unspecified atom stereocenters. The highest BCUT2D eigenvalue weighted by Gasteiger charge is 2.62. The van der Waals surface area contributed by atoms with E-state index in [1.807, 2.05) is 19.9 Å². The molecule has 0 saturated heterocycles. The Morgan fingerprint density at radius 3 is 3.00 bits per heavy atom. The van der Waals surface area contributed by atoms with Gasteiger partial charge in [-0.15, -0.1) is 0 Å². The van der Waals surface area contributed by atoms with Crippen molar-refractivity contribution in [2.45, 2.75) is 38.5 Å². The minimum absolute atomic E-state index is 0.0131. The Kier molecular flexibility index (Phi) is 2.28. The van der Waals surface area contributed by atoms with E-state index in [1.165, 1.54) is 0 Å². The molecular weight excluding hydrogens is 228 g/mol. The van der Waals surface area contributed by atoms with E-state index in [9.17, 15) is 5.26 Å². The molecule has 0 radical (unpaired) electrons. The van der Waals surface area contributed by atoms with Gasteiger partial charge in [-0.05, 0) is 26.8 Å². The summed E-state index contributed by atoms with van der Waals surface area (Å²) in [6, 6.07) is 2.18. The molecule has 4 atom stereocenters. The summed E-state index contributed by atoms with van der Waals surface area (Å²) in [5.74, 6) is 1.05. The van der Waals surface area contributed by atoms with Crippen LogP contribution in [0.4, 0.5) is 0 Å². The molecule has 0 aromatic heterocycles. The van der Waals surface area contributed by atoms with Crippen LogP contribution in [-0.2, 0) is 9.47 Å². The molecule has 0 N–H and O–H groups in total. The largest absolute Gasteiger partial charge is 0.495 e. The quantitative estimate of drug-likeness (QED) is 0.710. The maximum Gasteiger partial charge on any atom is 0.227 e. The first kappa shape index (κ1) is 11.3. The maximum atomic E-state index is 9.20. The molecular formula is C14H16N2O2. The Morgan fingerprint density at radius 2 is 2.33 bits per heavy atom. The van der Waals surface area contributed by atoms with Crippen molar-refractivity contribution in [3.63, 3.8) is 0 Å². The van der Waals surface area contributed by atoms with Crippen LogP contribution < -0.4 is 0 Å². The van der Waals surface area contributed by atoms with Crippen LogP contribution in [0.2, 0.25) is 0 Å². The van der Waals surface area contributed by atoms with Crippen molar-refractivity contribution in [3.05, 3.63) is 24.0 Å². The summed E-state index contributed by atoms with van der Waals surface area (Å²) in [4.78, 5) is 4.66. The van der Waals surface area contributed by atoms with E-state index in [-0.39, 0.29) is 23.7 Å². The standard InChI is InChI=1S/C14H16N2O2/c1-8(2)18-13-9(7-15)6-11-10-4-5-17-12(10)14(11,3)16-13/h4-6,8,10-12H,1-3H3. The molecule has 1 saturated carbocycles. The van der Waals surface area contributed by atoms with E-state index < -0.39 is 0 Å². The molecule has 2 aliphatic heterocycles. The van der Waals surface area contributed by atoms with E-state index in [1.54, 1.807) is 6.26 Å². The number of nitriles is 1. The molecule has 4 heteroatoms. The number of nitrogens with zero attached hydrogens (tertiary/aromatic N) is 2. The zero-order valence-corrected chi connectivity index (χ0v) is 10.8. The Labute approximate surface area is 107 Å². The van der Waals surface area contributed by atoms with Crippen LogP contribution in [0, 0.1) is 23.2 Å². The first-order valence-electron chi connectivity index (χ1n) is 6.27. The van der Waals surface area contributed by atoms with Crippen molar-refractivity contribution in [2.24, 2.45) is 16.8 Å². The van der Waals surface area contributed by atoms with Crippen molar-refractivity contribution in [1.29, 1.82) is 5.26 Å². The molecule has 4 nitrogen and oxygen atoms in total. The highest BCUT2D eigenvalue weighted by molar-refractivity contribution is 5.99. The second-order valence-corrected chi connectivity index (χ2v) is 5.49. The number of hydrogen-bond donors (Lipinski definition) is 0. The maximum absolute atomic E-state index is 9.20. The summed E-state index contributed by atoms with van der Waals surface area (Å²) < 4.78 is 11.2. The smallest absolute Gasteiger partial charge is 0.227 e. The van der Waals surface area contributed by atoms with E-state index >= 15 is 0 Å². The molecule has 0 spiro atoms. The van der Waals surface area contributed by atoms with Crippen molar-refractivity contribution in [1.82, 2.24) is 0 Å². The fourth-order valence-corrected chi connectivity index (χ4v) is 3.05. The van der Waals surface area contributed by atoms with E-state index in [4.69, 9.17) is 9.47 Å². The minimum atomic E-state index is -0.293. The van der Waals surface area contributed by atoms with Crippen LogP contribution in [0.15, 0.2) is 29.0 Å². The summed E-state index contributed by atoms with van der Waals surface area (Å²) in [6.45, 7) is 5.94. The fraction of sp³-hybridized carbons (Fsp3) is 0.571. The van der Waals surface area contributed by atoms with Gasteiger partial charge in [-0.2, -0.15) is 5.26 Å². The predicted octanol–water partition coefficient (Wildman–Crippen LogP) is 2.19. The monoisotopic (exact) mass is 244 g/mol. The zero-order chi connectivity index (χ0) is 12.9. The van der Waals surface area contributed by atoms with Gasteiger partial charge in [0.15, 0.2) is 0 Å². The molecule has 94 valence electrons. The van der Waals surface area contributed by atoms with Gasteiger partial charge < -0.3 is 9.47 Å². The first-order valence-corrected chi connectivity index (χ1v) is 6.27. The summed E-state index contributed by atoms with van der Waals surface area (Å²) in [6.07, 6.45) is 5.90. The average Bonchev–Trinajstić information content (AvgIpc) is 2.74. The first-order chi connectivity index (χ1) is 8.56. The van der Waals surface area contributed by atoms with Crippen LogP contribution >= 0.6 is 0 Å². The van der Waals surface area contributed by atoms with Gasteiger partial charge >= 0.3 is 0 Å². The second kappa shape index (κ2) is 3.61. The lowest BCUT2D eigenvalue weighted by atomic mass is 9.57. The SMILES string of the molecule is CC(C)OC1=NC2(C)C(C=C1C#N)C1C=COC12. The number of rotatable bonds is 1. The van der Waals surface area contributed by atoms with Crippen molar-refractivity contribution in [2.75, 3.05) is 0 Å². The van der Waals surface area contributed by atoms with Gasteiger partial charge in [0.1, 0.15) is 23.3 Å². The van der Waals surface area contributed by atoms with Crippen molar-refractivity contribution < 1.29 is 9.47 Å². The van der Waals surface area contributed by atoms with Gasteiger partial charge in [0.25, 0.3) is 0 Å². The van der Waals surface area contributed by atoms with Gasteiger partial charge in [-0.25, -0.2) is 4.99 Å². The van der Waals surface area contributed by atoms with E-state index in [0.29, 0.717) is 17.4 Å². The fourth-order valence-electron chi connectivity index (χ4n) is 3.05. The summed E-state index contributed by atoms with van der Waals surface area (Å²) in [5.41, 5.74) is 0.253. The number of dihydropyridines is 1. The number of hydrogen-bond acceptors (Lipinski definition) is 4. The van der Waals surface area contributed by atoms with Crippen molar-refractivity contribution >= 4 is 5.90 Å². The summed E-state index contributed by atoms with van der Waals surface area (Å²) in [5, 5.41) is 9.20. The molecule has 3 rings (SSSR count). The van der Waals surface area contributed by atoms with Crippen molar-refractivity contribution in [3.8, 4) is 6.07 Å². The molecule has 0 amide bonds. The lowest BCUT2D eigenvalue weighted by molar-refractivity contribution is -0.0570. The topological polar surface area (TPSA) is 54.6 Å².